The van der Waals surface area contributed by atoms with Crippen molar-refractivity contribution in [2.75, 3.05) is 12.3 Å². The molecule has 2 saturated heterocycles. The summed E-state index contributed by atoms with van der Waals surface area (Å²) in [7, 11) is -11.4. The first kappa shape index (κ1) is 27.0. The number of aliphatic hydroxyl groups is 3. The van der Waals surface area contributed by atoms with Crippen molar-refractivity contribution in [3.8, 4) is 0 Å². The fraction of sp³-hybridized carbons (Fsp3) is 0.667. The molecule has 34 heavy (non-hydrogen) atoms. The summed E-state index contributed by atoms with van der Waals surface area (Å²) < 4.78 is 47.5. The standard InChI is InChI=1S/C15H23N3O14P2/c1-6-7(19)4-8(20)14(29-6)31-34(26,27)32-33(24,25)28-5-9-11(21)12(22)13(30-9)18-3-2-10(16)17-15(18)23/h2-3,6,8-9,11-14,20-22H,4-5H2,1H3,(H,24,25)(H,26,27)(H2,16,17,23)/p-2/t6-,8-,9-,11-,12-,13-,14-/m1/s1. The lowest BCUT2D eigenvalue weighted by Gasteiger charge is -2.37. The first-order valence-electron chi connectivity index (χ1n) is 9.58. The molecular weight excluding hydrogens is 508 g/mol. The van der Waals surface area contributed by atoms with E-state index in [1.807, 2.05) is 0 Å². The van der Waals surface area contributed by atoms with Crippen LogP contribution in [0.4, 0.5) is 5.82 Å². The number of ketones is 1. The van der Waals surface area contributed by atoms with Gasteiger partial charge < -0.3 is 44.8 Å². The van der Waals surface area contributed by atoms with Crippen molar-refractivity contribution < 1.29 is 61.9 Å². The van der Waals surface area contributed by atoms with E-state index in [1.54, 1.807) is 0 Å². The van der Waals surface area contributed by atoms with Gasteiger partial charge in [0.15, 0.2) is 18.3 Å². The smallest absolute Gasteiger partial charge is 0.351 e. The third-order valence-electron chi connectivity index (χ3n) is 4.81. The van der Waals surface area contributed by atoms with Crippen molar-refractivity contribution in [2.45, 2.75) is 56.4 Å². The van der Waals surface area contributed by atoms with Crippen molar-refractivity contribution >= 4 is 27.2 Å². The molecule has 1 aromatic heterocycles. The number of aromatic nitrogens is 2. The SMILES string of the molecule is C[C@H]1O[C@H](OP(=O)([O-])OP(=O)([O-])OC[C@H]2O[C@@H](n3ccc(N)nc3=O)[C@H](O)[C@@H]2O)[C@H](O)CC1=O. The molecule has 5 N–H and O–H groups in total. The second-order valence-corrected chi connectivity index (χ2v) is 10.3. The van der Waals surface area contributed by atoms with Gasteiger partial charge in [-0.05, 0) is 13.0 Å². The van der Waals surface area contributed by atoms with E-state index in [2.05, 4.69) is 18.3 Å². The lowest BCUT2D eigenvalue weighted by molar-refractivity contribution is -0.269. The summed E-state index contributed by atoms with van der Waals surface area (Å²) in [5, 5.41) is 29.9. The zero-order chi connectivity index (χ0) is 25.4. The molecule has 3 rings (SSSR count). The Morgan fingerprint density at radius 1 is 1.21 bits per heavy atom. The molecule has 1 aromatic rings. The van der Waals surface area contributed by atoms with E-state index in [1.165, 1.54) is 13.0 Å². The fourth-order valence-electron chi connectivity index (χ4n) is 3.10. The molecule has 192 valence electrons. The topological polar surface area (TPSA) is 265 Å². The summed E-state index contributed by atoms with van der Waals surface area (Å²) in [4.78, 5) is 50.7. The summed E-state index contributed by atoms with van der Waals surface area (Å²) >= 11 is 0. The van der Waals surface area contributed by atoms with Gasteiger partial charge in [-0.2, -0.15) is 4.98 Å². The van der Waals surface area contributed by atoms with Crippen molar-refractivity contribution in [3.63, 3.8) is 0 Å². The van der Waals surface area contributed by atoms with E-state index in [4.69, 9.17) is 15.2 Å². The van der Waals surface area contributed by atoms with Gasteiger partial charge in [-0.3, -0.25) is 23.0 Å². The van der Waals surface area contributed by atoms with Crippen molar-refractivity contribution in [1.29, 1.82) is 0 Å². The number of anilines is 1. The highest BCUT2D eigenvalue weighted by atomic mass is 31.3. The van der Waals surface area contributed by atoms with Crippen molar-refractivity contribution in [1.82, 2.24) is 9.55 Å². The second-order valence-electron chi connectivity index (χ2n) is 7.35. The zero-order valence-electron chi connectivity index (χ0n) is 17.3. The minimum Gasteiger partial charge on any atom is -0.756 e. The molecule has 0 radical (unpaired) electrons. The predicted molar refractivity (Wildman–Crippen MR) is 102 cm³/mol. The molecule has 0 amide bonds. The lowest BCUT2D eigenvalue weighted by atomic mass is 10.1. The Labute approximate surface area is 190 Å². The molecule has 2 unspecified atom stereocenters. The van der Waals surface area contributed by atoms with E-state index in [9.17, 15) is 43.8 Å². The molecule has 2 fully saturated rings. The zero-order valence-corrected chi connectivity index (χ0v) is 19.1. The van der Waals surface area contributed by atoms with E-state index in [0.29, 0.717) is 0 Å². The Bertz CT molecular complexity index is 1070. The number of nitrogens with zero attached hydrogens (tertiary/aromatic N) is 2. The van der Waals surface area contributed by atoms with Gasteiger partial charge in [0.25, 0.3) is 15.6 Å². The summed E-state index contributed by atoms with van der Waals surface area (Å²) in [5.74, 6) is -0.644. The quantitative estimate of drug-likeness (QED) is 0.238. The van der Waals surface area contributed by atoms with Crippen LogP contribution in [-0.4, -0.2) is 74.1 Å². The molecule has 0 bridgehead atoms. The summed E-state index contributed by atoms with van der Waals surface area (Å²) in [6, 6.07) is 1.21. The number of phosphoric ester groups is 2. The average molecular weight is 529 g/mol. The number of Topliss-reactive ketones (excluding diaryl/α,β-unsaturated/α-hetero) is 1. The maximum Gasteiger partial charge on any atom is 0.351 e. The number of nitrogen functional groups attached to an aromatic ring is 1. The van der Waals surface area contributed by atoms with Crippen LogP contribution in [0, 0.1) is 0 Å². The predicted octanol–water partition coefficient (Wildman–Crippen LogP) is -3.50. The molecule has 19 heteroatoms. The third-order valence-corrected chi connectivity index (χ3v) is 7.34. The van der Waals surface area contributed by atoms with Crippen molar-refractivity contribution in [2.24, 2.45) is 0 Å². The largest absolute Gasteiger partial charge is 0.756 e. The Hall–Kier alpha value is -1.59. The molecule has 17 nitrogen and oxygen atoms in total. The minimum absolute atomic E-state index is 0.116. The summed E-state index contributed by atoms with van der Waals surface area (Å²) in [6.45, 7) is 0.243. The van der Waals surface area contributed by atoms with Gasteiger partial charge in [0, 0.05) is 12.6 Å². The number of hydrogen-bond donors (Lipinski definition) is 4. The van der Waals surface area contributed by atoms with Crippen LogP contribution in [0.15, 0.2) is 17.1 Å². The van der Waals surface area contributed by atoms with Crippen LogP contribution < -0.4 is 21.2 Å². The number of aliphatic hydroxyl groups excluding tert-OH is 3. The normalized spacial score (nSPS) is 35.6. The van der Waals surface area contributed by atoms with Gasteiger partial charge in [-0.15, -0.1) is 0 Å². The fourth-order valence-corrected chi connectivity index (χ4v) is 5.20. The second kappa shape index (κ2) is 10.2. The first-order valence-corrected chi connectivity index (χ1v) is 12.5. The Morgan fingerprint density at radius 3 is 2.53 bits per heavy atom. The highest BCUT2D eigenvalue weighted by Crippen LogP contribution is 2.56. The minimum atomic E-state index is -5.69. The van der Waals surface area contributed by atoms with Crippen molar-refractivity contribution in [3.05, 3.63) is 22.7 Å². The molecule has 2 aliphatic heterocycles. The van der Waals surface area contributed by atoms with E-state index in [0.717, 1.165) is 10.8 Å². The molecular formula is C15H21N3O14P2-2. The molecule has 0 spiro atoms. The van der Waals surface area contributed by atoms with Crippen LogP contribution in [0.3, 0.4) is 0 Å². The highest BCUT2D eigenvalue weighted by molar-refractivity contribution is 7.59. The monoisotopic (exact) mass is 529 g/mol. The van der Waals surface area contributed by atoms with Gasteiger partial charge in [0.05, 0.1) is 6.61 Å². The number of rotatable bonds is 8. The molecule has 0 aromatic carbocycles. The van der Waals surface area contributed by atoms with Gasteiger partial charge in [-0.25, -0.2) is 9.11 Å². The summed E-state index contributed by atoms with van der Waals surface area (Å²) in [6.07, 6.45) is -10.6. The van der Waals surface area contributed by atoms with Crippen LogP contribution in [0.2, 0.25) is 0 Å². The number of nitrogens with two attached hydrogens (primary N) is 1. The van der Waals surface area contributed by atoms with E-state index >= 15 is 0 Å². The Balaban J connectivity index is 1.59. The molecule has 2 aliphatic rings. The van der Waals surface area contributed by atoms with Gasteiger partial charge in [-0.1, -0.05) is 0 Å². The number of carbonyl (C=O) groups excluding carboxylic acids is 1. The molecule has 0 aliphatic carbocycles. The summed E-state index contributed by atoms with van der Waals surface area (Å²) in [5.41, 5.74) is 4.44. The van der Waals surface area contributed by atoms with Gasteiger partial charge in [0.1, 0.15) is 36.3 Å². The number of ether oxygens (including phenoxy) is 2. The average Bonchev–Trinajstić information content (AvgIpc) is 2.98. The van der Waals surface area contributed by atoms with Crippen LogP contribution >= 0.6 is 15.6 Å². The van der Waals surface area contributed by atoms with E-state index in [-0.39, 0.29) is 5.82 Å². The molecule has 3 heterocycles. The first-order chi connectivity index (χ1) is 15.7. The molecule has 0 saturated carbocycles. The number of phosphoric acid groups is 2. The Kier molecular flexibility index (Phi) is 8.09. The van der Waals surface area contributed by atoms with Crippen LogP contribution in [0.25, 0.3) is 0 Å². The number of carbonyl (C=O) groups is 1. The third kappa shape index (κ3) is 6.34. The van der Waals surface area contributed by atoms with Gasteiger partial charge in [0.2, 0.25) is 0 Å². The van der Waals surface area contributed by atoms with Gasteiger partial charge >= 0.3 is 5.69 Å². The highest BCUT2D eigenvalue weighted by Gasteiger charge is 2.45. The maximum absolute atomic E-state index is 12.0. The van der Waals surface area contributed by atoms with Crippen LogP contribution in [-0.2, 0) is 36.8 Å². The van der Waals surface area contributed by atoms with Crippen LogP contribution in [0.5, 0.6) is 0 Å². The van der Waals surface area contributed by atoms with E-state index < -0.39 is 83.2 Å². The maximum atomic E-state index is 12.0. The lowest BCUT2D eigenvalue weighted by Crippen LogP contribution is -2.45. The molecule has 9 atom stereocenters. The number of hydrogen-bond acceptors (Lipinski definition) is 16. The Morgan fingerprint density at radius 2 is 1.88 bits per heavy atom. The van der Waals surface area contributed by atoms with Crippen LogP contribution in [0.1, 0.15) is 19.6 Å².